The van der Waals surface area contributed by atoms with Crippen molar-refractivity contribution in [2.45, 2.75) is 0 Å². The molecule has 0 bridgehead atoms. The van der Waals surface area contributed by atoms with Gasteiger partial charge in [-0.05, 0) is 138 Å². The van der Waals surface area contributed by atoms with E-state index in [1.807, 2.05) is 0 Å². The van der Waals surface area contributed by atoms with Crippen LogP contribution >= 0.6 is 0 Å². The first-order chi connectivity index (χ1) is 34.8. The predicted octanol–water partition coefficient (Wildman–Crippen LogP) is 18.2. The minimum atomic E-state index is 1.04. The van der Waals surface area contributed by atoms with Crippen LogP contribution in [0.5, 0.6) is 0 Å². The van der Waals surface area contributed by atoms with Crippen molar-refractivity contribution in [2.24, 2.45) is 0 Å². The summed E-state index contributed by atoms with van der Waals surface area (Å²) in [6.45, 7) is 0. The fourth-order valence-electron chi connectivity index (χ4n) is 10.6. The smallest absolute Gasteiger partial charge is 0.0620 e. The number of rotatable bonds is 10. The molecule has 0 atom stereocenters. The Morgan fingerprint density at radius 2 is 0.643 bits per heavy atom. The van der Waals surface area contributed by atoms with E-state index in [1.54, 1.807) is 0 Å². The molecule has 13 aromatic rings. The summed E-state index contributed by atoms with van der Waals surface area (Å²) in [5, 5.41) is 4.82. The highest BCUT2D eigenvalue weighted by Gasteiger charge is 2.24. The molecule has 0 aliphatic carbocycles. The Morgan fingerprint density at radius 3 is 1.16 bits per heavy atom. The van der Waals surface area contributed by atoms with E-state index < -0.39 is 0 Å². The molecule has 330 valence electrons. The van der Waals surface area contributed by atoms with Crippen molar-refractivity contribution >= 4 is 77.7 Å². The van der Waals surface area contributed by atoms with Crippen molar-refractivity contribution in [3.05, 3.63) is 279 Å². The highest BCUT2D eigenvalue weighted by Crippen LogP contribution is 2.48. The van der Waals surface area contributed by atoms with Gasteiger partial charge in [-0.25, -0.2) is 0 Å². The van der Waals surface area contributed by atoms with Crippen LogP contribution in [0, 0.1) is 0 Å². The maximum atomic E-state index is 2.47. The maximum absolute atomic E-state index is 2.47. The lowest BCUT2D eigenvalue weighted by atomic mass is 9.92. The predicted molar refractivity (Wildman–Crippen MR) is 295 cm³/mol. The molecule has 0 amide bonds. The second-order valence-electron chi connectivity index (χ2n) is 17.7. The molecule has 0 aliphatic rings. The molecule has 2 aromatic heterocycles. The van der Waals surface area contributed by atoms with Crippen molar-refractivity contribution in [3.63, 3.8) is 0 Å². The van der Waals surface area contributed by atoms with E-state index in [1.165, 1.54) is 38.1 Å². The Bertz CT molecular complexity index is 3800. The normalized spacial score (nSPS) is 11.4. The largest absolute Gasteiger partial charge is 0.310 e. The number of hydrogen-bond acceptors (Lipinski definition) is 2. The molecule has 0 spiro atoms. The van der Waals surface area contributed by atoms with Crippen molar-refractivity contribution in [1.82, 2.24) is 9.13 Å². The van der Waals surface area contributed by atoms with E-state index in [9.17, 15) is 0 Å². The van der Waals surface area contributed by atoms with Crippen molar-refractivity contribution in [2.75, 3.05) is 9.80 Å². The summed E-state index contributed by atoms with van der Waals surface area (Å²) in [7, 11) is 0. The molecule has 0 unspecified atom stereocenters. The van der Waals surface area contributed by atoms with Gasteiger partial charge in [0.2, 0.25) is 0 Å². The van der Waals surface area contributed by atoms with Gasteiger partial charge < -0.3 is 18.9 Å². The van der Waals surface area contributed by atoms with Crippen LogP contribution in [0.15, 0.2) is 279 Å². The molecule has 70 heavy (non-hydrogen) atoms. The Hall–Kier alpha value is -9.38. The molecule has 0 saturated carbocycles. The number of fused-ring (bicyclic) bond motifs is 6. The summed E-state index contributed by atoms with van der Waals surface area (Å²) >= 11 is 0. The SMILES string of the molecule is c1ccc(N(c2ccccc2)c2cc(-c3cc(-c4cccc5c4c4ccccc4n5-c4ccccc4)c4c(c3)c3ccccc3n4-c3ccccc3)cc(N(c3ccccc3)c3ccccc3)c2)cc1. The molecule has 4 nitrogen and oxygen atoms in total. The van der Waals surface area contributed by atoms with Crippen LogP contribution in [-0.2, 0) is 0 Å². The lowest BCUT2D eigenvalue weighted by Gasteiger charge is -2.30. The zero-order chi connectivity index (χ0) is 46.4. The molecule has 0 aliphatic heterocycles. The first kappa shape index (κ1) is 40.9. The minimum absolute atomic E-state index is 1.04. The fourth-order valence-corrected chi connectivity index (χ4v) is 10.6. The fraction of sp³-hybridized carbons (Fsp3) is 0. The summed E-state index contributed by atoms with van der Waals surface area (Å²) in [4.78, 5) is 4.75. The van der Waals surface area contributed by atoms with Gasteiger partial charge in [0.05, 0.1) is 22.1 Å². The Kier molecular flexibility index (Phi) is 10.1. The molecule has 11 aromatic carbocycles. The average Bonchev–Trinajstić information content (AvgIpc) is 3.96. The van der Waals surface area contributed by atoms with Crippen molar-refractivity contribution < 1.29 is 0 Å². The molecule has 0 saturated heterocycles. The topological polar surface area (TPSA) is 16.3 Å². The second-order valence-corrected chi connectivity index (χ2v) is 17.7. The number of anilines is 6. The third-order valence-electron chi connectivity index (χ3n) is 13.6. The van der Waals surface area contributed by atoms with Crippen LogP contribution in [0.3, 0.4) is 0 Å². The van der Waals surface area contributed by atoms with Gasteiger partial charge in [-0.2, -0.15) is 0 Å². The summed E-state index contributed by atoms with van der Waals surface area (Å²) in [6.07, 6.45) is 0. The quantitative estimate of drug-likeness (QED) is 0.136. The van der Waals surface area contributed by atoms with Gasteiger partial charge >= 0.3 is 0 Å². The molecule has 0 fully saturated rings. The van der Waals surface area contributed by atoms with Crippen molar-refractivity contribution in [1.29, 1.82) is 0 Å². The van der Waals surface area contributed by atoms with Crippen LogP contribution in [0.25, 0.3) is 77.2 Å². The molecule has 4 heteroatoms. The Balaban J connectivity index is 1.16. The Labute approximate surface area is 407 Å². The lowest BCUT2D eigenvalue weighted by Crippen LogP contribution is -2.13. The van der Waals surface area contributed by atoms with Gasteiger partial charge in [-0.15, -0.1) is 0 Å². The van der Waals surface area contributed by atoms with Crippen LogP contribution in [0.4, 0.5) is 34.1 Å². The average molecular weight is 895 g/mol. The van der Waals surface area contributed by atoms with Crippen LogP contribution in [0.1, 0.15) is 0 Å². The molecule has 0 N–H and O–H groups in total. The summed E-state index contributed by atoms with van der Waals surface area (Å²) in [6, 6.07) is 101. The summed E-state index contributed by atoms with van der Waals surface area (Å²) < 4.78 is 4.89. The lowest BCUT2D eigenvalue weighted by molar-refractivity contribution is 1.18. The number of hydrogen-bond donors (Lipinski definition) is 0. The molecule has 13 rings (SSSR count). The van der Waals surface area contributed by atoms with Crippen molar-refractivity contribution in [3.8, 4) is 33.6 Å². The summed E-state index contributed by atoms with van der Waals surface area (Å²) in [5.74, 6) is 0. The zero-order valence-corrected chi connectivity index (χ0v) is 38.3. The first-order valence-electron chi connectivity index (χ1n) is 23.9. The van der Waals surface area contributed by atoms with E-state index in [0.717, 1.165) is 73.2 Å². The molecular formula is C66H46N4. The van der Waals surface area contributed by atoms with Gasteiger partial charge in [0, 0.05) is 72.6 Å². The van der Waals surface area contributed by atoms with E-state index in [2.05, 4.69) is 298 Å². The van der Waals surface area contributed by atoms with E-state index in [4.69, 9.17) is 0 Å². The van der Waals surface area contributed by atoms with Gasteiger partial charge in [-0.1, -0.05) is 158 Å². The number of aromatic nitrogens is 2. The van der Waals surface area contributed by atoms with Gasteiger partial charge in [-0.3, -0.25) is 0 Å². The first-order valence-corrected chi connectivity index (χ1v) is 23.9. The Morgan fingerprint density at radius 1 is 0.243 bits per heavy atom. The van der Waals surface area contributed by atoms with Crippen LogP contribution in [-0.4, -0.2) is 9.13 Å². The number of nitrogens with zero attached hydrogens (tertiary/aromatic N) is 4. The zero-order valence-electron chi connectivity index (χ0n) is 38.3. The van der Waals surface area contributed by atoms with E-state index in [-0.39, 0.29) is 0 Å². The monoisotopic (exact) mass is 894 g/mol. The minimum Gasteiger partial charge on any atom is -0.310 e. The van der Waals surface area contributed by atoms with Crippen LogP contribution in [0.2, 0.25) is 0 Å². The molecule has 0 radical (unpaired) electrons. The van der Waals surface area contributed by atoms with Gasteiger partial charge in [0.25, 0.3) is 0 Å². The third-order valence-corrected chi connectivity index (χ3v) is 13.6. The van der Waals surface area contributed by atoms with E-state index in [0.29, 0.717) is 0 Å². The van der Waals surface area contributed by atoms with Crippen LogP contribution < -0.4 is 9.80 Å². The maximum Gasteiger partial charge on any atom is 0.0620 e. The number of para-hydroxylation sites is 8. The second kappa shape index (κ2) is 17.4. The molecular weight excluding hydrogens is 849 g/mol. The van der Waals surface area contributed by atoms with E-state index >= 15 is 0 Å². The van der Waals surface area contributed by atoms with Gasteiger partial charge in [0.15, 0.2) is 0 Å². The standard InChI is InChI=1S/C66H46N4/c1-7-24-49(25-8-1)67(50-26-9-2-10-27-50)55-42-47(43-56(46-55)68(51-28-11-3-12-29-51)52-30-13-4-14-31-52)48-44-60-57-36-19-21-39-62(57)70(54-34-17-6-18-35-54)66(60)61(45-48)58-38-23-41-64-65(58)59-37-20-22-40-63(59)69(64)53-32-15-5-16-33-53/h1-46H. The third kappa shape index (κ3) is 7.01. The molecule has 2 heterocycles. The number of benzene rings is 11. The van der Waals surface area contributed by atoms with Gasteiger partial charge in [0.1, 0.15) is 0 Å². The highest BCUT2D eigenvalue weighted by molar-refractivity contribution is 6.21. The highest BCUT2D eigenvalue weighted by atomic mass is 15.2. The summed E-state index contributed by atoms with van der Waals surface area (Å²) in [5.41, 5.74) is 17.9.